The lowest BCUT2D eigenvalue weighted by atomic mass is 10.1. The smallest absolute Gasteiger partial charge is 0.208 e. The monoisotopic (exact) mass is 241 g/mol. The molecule has 4 nitrogen and oxygen atoms in total. The van der Waals surface area contributed by atoms with Gasteiger partial charge in [-0.3, -0.25) is 0 Å². The van der Waals surface area contributed by atoms with E-state index in [0.29, 0.717) is 18.0 Å². The van der Waals surface area contributed by atoms with Crippen LogP contribution in [-0.4, -0.2) is 4.98 Å². The van der Waals surface area contributed by atoms with Crippen molar-refractivity contribution in [2.75, 3.05) is 0 Å². The highest BCUT2D eigenvalue weighted by Crippen LogP contribution is 2.08. The second-order valence-corrected chi connectivity index (χ2v) is 4.16. The lowest BCUT2D eigenvalue weighted by molar-refractivity contribution is 0.448. The van der Waals surface area contributed by atoms with Crippen LogP contribution in [0.4, 0.5) is 0 Å². The number of nitrogens with zero attached hydrogens (tertiary/aromatic N) is 2. The number of nitrogens with one attached hydrogen (secondary N) is 1. The molecule has 1 aromatic carbocycles. The van der Waals surface area contributed by atoms with E-state index in [2.05, 4.69) is 16.4 Å². The molecule has 0 aliphatic heterocycles. The standard InChI is InChI=1S/C14H15N3O/c1-10-11(2)18-14(17-10)9-16-8-13-5-3-12(7-15)4-6-13/h3-6,16H,8-9H2,1-2H3. The fourth-order valence-corrected chi connectivity index (χ4v) is 1.63. The summed E-state index contributed by atoms with van der Waals surface area (Å²) in [7, 11) is 0. The number of hydrogen-bond donors (Lipinski definition) is 1. The summed E-state index contributed by atoms with van der Waals surface area (Å²) in [5.74, 6) is 1.57. The van der Waals surface area contributed by atoms with Crippen LogP contribution in [0.25, 0.3) is 0 Å². The molecule has 1 heterocycles. The highest BCUT2D eigenvalue weighted by Gasteiger charge is 2.04. The van der Waals surface area contributed by atoms with E-state index in [1.54, 1.807) is 0 Å². The molecule has 0 amide bonds. The van der Waals surface area contributed by atoms with E-state index < -0.39 is 0 Å². The van der Waals surface area contributed by atoms with Gasteiger partial charge in [0.25, 0.3) is 0 Å². The minimum absolute atomic E-state index is 0.606. The first-order valence-corrected chi connectivity index (χ1v) is 5.81. The third-order valence-electron chi connectivity index (χ3n) is 2.76. The Morgan fingerprint density at radius 2 is 1.94 bits per heavy atom. The second kappa shape index (κ2) is 5.48. The highest BCUT2D eigenvalue weighted by atomic mass is 16.4. The zero-order valence-electron chi connectivity index (χ0n) is 10.5. The van der Waals surface area contributed by atoms with Gasteiger partial charge in [0.05, 0.1) is 23.9 Å². The molecule has 0 aliphatic carbocycles. The maximum Gasteiger partial charge on any atom is 0.208 e. The number of oxazole rings is 1. The Morgan fingerprint density at radius 1 is 1.22 bits per heavy atom. The minimum Gasteiger partial charge on any atom is -0.444 e. The number of nitriles is 1. The van der Waals surface area contributed by atoms with Crippen LogP contribution in [0.15, 0.2) is 28.7 Å². The Hall–Kier alpha value is -2.12. The maximum atomic E-state index is 8.70. The van der Waals surface area contributed by atoms with Crippen molar-refractivity contribution in [2.45, 2.75) is 26.9 Å². The lowest BCUT2D eigenvalue weighted by Gasteiger charge is -2.02. The number of aromatic nitrogens is 1. The summed E-state index contributed by atoms with van der Waals surface area (Å²) >= 11 is 0. The SMILES string of the molecule is Cc1nc(CNCc2ccc(C#N)cc2)oc1C. The van der Waals surface area contributed by atoms with Crippen LogP contribution in [-0.2, 0) is 13.1 Å². The predicted octanol–water partition coefficient (Wildman–Crippen LogP) is 2.45. The van der Waals surface area contributed by atoms with Crippen molar-refractivity contribution >= 4 is 0 Å². The van der Waals surface area contributed by atoms with Crippen LogP contribution in [0.5, 0.6) is 0 Å². The molecule has 0 radical (unpaired) electrons. The Balaban J connectivity index is 1.86. The molecular formula is C14H15N3O. The summed E-state index contributed by atoms with van der Waals surface area (Å²) in [6, 6.07) is 9.62. The van der Waals surface area contributed by atoms with Crippen LogP contribution in [0, 0.1) is 25.2 Å². The van der Waals surface area contributed by atoms with Gasteiger partial charge in [0.15, 0.2) is 0 Å². The predicted molar refractivity (Wildman–Crippen MR) is 67.7 cm³/mol. The molecule has 2 rings (SSSR count). The average molecular weight is 241 g/mol. The van der Waals surface area contributed by atoms with E-state index >= 15 is 0 Å². The van der Waals surface area contributed by atoms with Gasteiger partial charge < -0.3 is 9.73 Å². The van der Waals surface area contributed by atoms with Gasteiger partial charge in [0.1, 0.15) is 5.76 Å². The molecule has 1 N–H and O–H groups in total. The summed E-state index contributed by atoms with van der Waals surface area (Å²) in [4.78, 5) is 4.30. The molecule has 0 atom stereocenters. The van der Waals surface area contributed by atoms with Gasteiger partial charge in [-0.2, -0.15) is 5.26 Å². The highest BCUT2D eigenvalue weighted by molar-refractivity contribution is 5.31. The van der Waals surface area contributed by atoms with Crippen molar-refractivity contribution in [1.82, 2.24) is 10.3 Å². The summed E-state index contributed by atoms with van der Waals surface area (Å²) in [5.41, 5.74) is 2.75. The third kappa shape index (κ3) is 2.96. The normalized spacial score (nSPS) is 10.3. The van der Waals surface area contributed by atoms with E-state index in [1.165, 1.54) is 0 Å². The molecule has 1 aromatic heterocycles. The molecular weight excluding hydrogens is 226 g/mol. The molecule has 18 heavy (non-hydrogen) atoms. The van der Waals surface area contributed by atoms with Gasteiger partial charge in [0, 0.05) is 6.54 Å². The van der Waals surface area contributed by atoms with Crippen molar-refractivity contribution < 1.29 is 4.42 Å². The third-order valence-corrected chi connectivity index (χ3v) is 2.76. The van der Waals surface area contributed by atoms with Crippen molar-refractivity contribution in [3.8, 4) is 6.07 Å². The maximum absolute atomic E-state index is 8.70. The quantitative estimate of drug-likeness (QED) is 0.893. The van der Waals surface area contributed by atoms with E-state index in [0.717, 1.165) is 23.6 Å². The molecule has 0 saturated heterocycles. The molecule has 0 spiro atoms. The number of hydrogen-bond acceptors (Lipinski definition) is 4. The van der Waals surface area contributed by atoms with Crippen LogP contribution < -0.4 is 5.32 Å². The van der Waals surface area contributed by atoms with Crippen molar-refractivity contribution in [1.29, 1.82) is 5.26 Å². The van der Waals surface area contributed by atoms with Gasteiger partial charge in [-0.25, -0.2) is 4.98 Å². The van der Waals surface area contributed by atoms with Gasteiger partial charge in [-0.05, 0) is 31.5 Å². The van der Waals surface area contributed by atoms with Crippen molar-refractivity contribution in [3.05, 3.63) is 52.7 Å². The molecule has 2 aromatic rings. The summed E-state index contributed by atoms with van der Waals surface area (Å²) in [6.07, 6.45) is 0. The van der Waals surface area contributed by atoms with Gasteiger partial charge in [-0.15, -0.1) is 0 Å². The molecule has 0 aliphatic rings. The van der Waals surface area contributed by atoms with Crippen molar-refractivity contribution in [2.24, 2.45) is 0 Å². The van der Waals surface area contributed by atoms with Crippen molar-refractivity contribution in [3.63, 3.8) is 0 Å². The first-order valence-electron chi connectivity index (χ1n) is 5.81. The molecule has 92 valence electrons. The largest absolute Gasteiger partial charge is 0.444 e. The second-order valence-electron chi connectivity index (χ2n) is 4.16. The summed E-state index contributed by atoms with van der Waals surface area (Å²) < 4.78 is 5.47. The van der Waals surface area contributed by atoms with E-state index in [4.69, 9.17) is 9.68 Å². The molecule has 0 bridgehead atoms. The molecule has 0 saturated carbocycles. The topological polar surface area (TPSA) is 61.9 Å². The van der Waals surface area contributed by atoms with Gasteiger partial charge >= 0.3 is 0 Å². The van der Waals surface area contributed by atoms with Crippen LogP contribution in [0.1, 0.15) is 28.5 Å². The molecule has 0 fully saturated rings. The summed E-state index contributed by atoms with van der Waals surface area (Å²) in [5, 5.41) is 12.0. The number of aryl methyl sites for hydroxylation is 2. The van der Waals surface area contributed by atoms with Crippen LogP contribution >= 0.6 is 0 Å². The van der Waals surface area contributed by atoms with Crippen LogP contribution in [0.3, 0.4) is 0 Å². The average Bonchev–Trinajstić information content (AvgIpc) is 2.69. The number of rotatable bonds is 4. The van der Waals surface area contributed by atoms with Crippen LogP contribution in [0.2, 0.25) is 0 Å². The lowest BCUT2D eigenvalue weighted by Crippen LogP contribution is -2.12. The van der Waals surface area contributed by atoms with Gasteiger partial charge in [0.2, 0.25) is 5.89 Å². The molecule has 0 unspecified atom stereocenters. The Labute approximate surface area is 106 Å². The van der Waals surface area contributed by atoms with Gasteiger partial charge in [-0.1, -0.05) is 12.1 Å². The first kappa shape index (κ1) is 12.3. The van der Waals surface area contributed by atoms with E-state index in [-0.39, 0.29) is 0 Å². The minimum atomic E-state index is 0.606. The Bertz CT molecular complexity index is 544. The molecule has 4 heteroatoms. The zero-order chi connectivity index (χ0) is 13.0. The van der Waals surface area contributed by atoms with E-state index in [1.807, 2.05) is 38.1 Å². The van der Waals surface area contributed by atoms with E-state index in [9.17, 15) is 0 Å². The Kier molecular flexibility index (Phi) is 3.75. The Morgan fingerprint density at radius 3 is 2.50 bits per heavy atom. The summed E-state index contributed by atoms with van der Waals surface area (Å²) in [6.45, 7) is 5.18. The number of benzene rings is 1. The zero-order valence-corrected chi connectivity index (χ0v) is 10.5. The fourth-order valence-electron chi connectivity index (χ4n) is 1.63. The first-order chi connectivity index (χ1) is 8.69. The fraction of sp³-hybridized carbons (Fsp3) is 0.286.